The molecule has 4 bridgehead atoms. The number of allylic oxidation sites excluding steroid dienone is 3. The van der Waals surface area contributed by atoms with Crippen LogP contribution < -0.4 is 30.6 Å². The average Bonchev–Trinajstić information content (AvgIpc) is 3.83. The van der Waals surface area contributed by atoms with E-state index in [1.807, 2.05) is 12.1 Å². The number of aryl methyl sites for hydroxylation is 1. The summed E-state index contributed by atoms with van der Waals surface area (Å²) in [7, 11) is 1.66. The van der Waals surface area contributed by atoms with Gasteiger partial charge in [0.2, 0.25) is 0 Å². The van der Waals surface area contributed by atoms with E-state index in [9.17, 15) is 15.0 Å². The first kappa shape index (κ1) is 43.4. The lowest BCUT2D eigenvalue weighted by atomic mass is 9.64. The van der Waals surface area contributed by atoms with Crippen molar-refractivity contribution in [1.29, 1.82) is 0 Å². The normalized spacial score (nSPS) is 26.7. The Morgan fingerprint density at radius 1 is 0.985 bits per heavy atom. The number of phenolic OH excluding ortho intramolecular Hbond substituents is 2. The number of aromatic hydroxyl groups is 2. The number of ether oxygens (including phenoxy) is 4. The molecule has 67 heavy (non-hydrogen) atoms. The third-order valence-corrected chi connectivity index (χ3v) is 15.8. The molecule has 11 rings (SSSR count). The molecule has 2 fully saturated rings. The van der Waals surface area contributed by atoms with Crippen LogP contribution in [0.5, 0.6) is 28.7 Å². The van der Waals surface area contributed by atoms with Gasteiger partial charge in [-0.15, -0.1) is 0 Å². The minimum atomic E-state index is -0.622. The Hall–Kier alpha value is -6.15. The molecule has 346 valence electrons. The summed E-state index contributed by atoms with van der Waals surface area (Å²) < 4.78 is 26.2. The molecular weight excluding hydrogens is 839 g/mol. The monoisotopic (exact) mass is 899 g/mol. The van der Waals surface area contributed by atoms with Crippen molar-refractivity contribution < 1.29 is 34.0 Å². The molecule has 0 radical (unpaired) electrons. The van der Waals surface area contributed by atoms with E-state index in [1.165, 1.54) is 37.3 Å². The van der Waals surface area contributed by atoms with E-state index in [4.69, 9.17) is 24.7 Å². The fourth-order valence-electron chi connectivity index (χ4n) is 12.9. The quantitative estimate of drug-likeness (QED) is 0.0858. The summed E-state index contributed by atoms with van der Waals surface area (Å²) in [5.41, 5.74) is 17.1. The van der Waals surface area contributed by atoms with E-state index in [0.29, 0.717) is 37.0 Å². The average molecular weight is 900 g/mol. The van der Waals surface area contributed by atoms with Crippen molar-refractivity contribution in [3.05, 3.63) is 129 Å². The molecule has 6 N–H and O–H groups in total. The van der Waals surface area contributed by atoms with Crippen LogP contribution in [0.1, 0.15) is 116 Å². The van der Waals surface area contributed by atoms with E-state index < -0.39 is 12.0 Å². The molecule has 7 atom stereocenters. The van der Waals surface area contributed by atoms with Crippen molar-refractivity contribution in [2.45, 2.75) is 120 Å². The van der Waals surface area contributed by atoms with Crippen LogP contribution in [0, 0.1) is 23.7 Å². The van der Waals surface area contributed by atoms with Crippen molar-refractivity contribution in [3.63, 3.8) is 0 Å². The van der Waals surface area contributed by atoms with Crippen LogP contribution in [0.25, 0.3) is 17.2 Å². The SMILES string of the molecule is COc1cc(O)cc2c1-c1ccc3c4c1[C@]1(CC[C@H](C1)[C@@H](CCc1ccccc1)C1=C(C#CCc5cc(O)c6c(c5[C@@H](O4)[C@H]3COC(C)=O)C=C[C@H](NC3CCCCC3)CO6)NC(N)C=C1)C2. The summed E-state index contributed by atoms with van der Waals surface area (Å²) >= 11 is 0. The van der Waals surface area contributed by atoms with Gasteiger partial charge in [0.15, 0.2) is 11.5 Å². The van der Waals surface area contributed by atoms with E-state index in [2.05, 4.69) is 83.2 Å². The fraction of sp³-hybridized carbons (Fsp3) is 0.421. The molecule has 4 aromatic carbocycles. The molecule has 2 saturated carbocycles. The van der Waals surface area contributed by atoms with Gasteiger partial charge in [0.25, 0.3) is 0 Å². The molecule has 10 nitrogen and oxygen atoms in total. The lowest BCUT2D eigenvalue weighted by Gasteiger charge is -2.40. The van der Waals surface area contributed by atoms with Gasteiger partial charge in [-0.1, -0.05) is 85.9 Å². The summed E-state index contributed by atoms with van der Waals surface area (Å²) in [6.07, 6.45) is 19.1. The molecule has 7 aliphatic rings. The van der Waals surface area contributed by atoms with Crippen molar-refractivity contribution in [2.24, 2.45) is 17.6 Å². The van der Waals surface area contributed by atoms with E-state index in [-0.39, 0.29) is 53.5 Å². The number of hydrogen-bond donors (Lipinski definition) is 5. The maximum Gasteiger partial charge on any atom is 0.302 e. The number of carbonyl (C=O) groups is 1. The molecule has 4 heterocycles. The van der Waals surface area contributed by atoms with Crippen LogP contribution in [0.15, 0.2) is 90.2 Å². The number of benzene rings is 4. The number of rotatable bonds is 8. The summed E-state index contributed by atoms with van der Waals surface area (Å²) in [6.45, 7) is 1.91. The van der Waals surface area contributed by atoms with Gasteiger partial charge in [-0.05, 0) is 115 Å². The summed E-state index contributed by atoms with van der Waals surface area (Å²) in [4.78, 5) is 12.7. The van der Waals surface area contributed by atoms with Gasteiger partial charge in [0, 0.05) is 58.7 Å². The third kappa shape index (κ3) is 8.04. The topological polar surface area (TPSA) is 145 Å². The molecule has 0 saturated heterocycles. The molecular formula is C57H61N3O7. The minimum Gasteiger partial charge on any atom is -0.508 e. The number of esters is 1. The lowest BCUT2D eigenvalue weighted by molar-refractivity contribution is -0.141. The minimum absolute atomic E-state index is 0.0469. The van der Waals surface area contributed by atoms with E-state index in [1.54, 1.807) is 19.2 Å². The van der Waals surface area contributed by atoms with Crippen molar-refractivity contribution in [3.8, 4) is 51.7 Å². The number of hydrogen-bond acceptors (Lipinski definition) is 10. The van der Waals surface area contributed by atoms with Gasteiger partial charge in [-0.25, -0.2) is 0 Å². The smallest absolute Gasteiger partial charge is 0.302 e. The molecule has 4 aromatic rings. The fourth-order valence-corrected chi connectivity index (χ4v) is 12.9. The maximum absolute atomic E-state index is 12.7. The Balaban J connectivity index is 1.13. The van der Waals surface area contributed by atoms with E-state index >= 15 is 0 Å². The van der Waals surface area contributed by atoms with Gasteiger partial charge in [0.05, 0.1) is 30.9 Å². The Morgan fingerprint density at radius 3 is 2.66 bits per heavy atom. The summed E-state index contributed by atoms with van der Waals surface area (Å²) in [5.74, 6) is 8.88. The van der Waals surface area contributed by atoms with Crippen LogP contribution in [0.2, 0.25) is 0 Å². The first-order chi connectivity index (χ1) is 32.7. The number of phenols is 2. The van der Waals surface area contributed by atoms with Crippen LogP contribution >= 0.6 is 0 Å². The van der Waals surface area contributed by atoms with E-state index in [0.717, 1.165) is 101 Å². The highest BCUT2D eigenvalue weighted by molar-refractivity contribution is 5.84. The molecule has 10 heteroatoms. The zero-order valence-electron chi connectivity index (χ0n) is 38.5. The Bertz CT molecular complexity index is 2760. The van der Waals surface area contributed by atoms with Crippen LogP contribution in [0.4, 0.5) is 0 Å². The Kier molecular flexibility index (Phi) is 11.5. The van der Waals surface area contributed by atoms with Crippen LogP contribution in [-0.4, -0.2) is 54.8 Å². The maximum atomic E-state index is 12.7. The van der Waals surface area contributed by atoms with Gasteiger partial charge in [-0.2, -0.15) is 0 Å². The third-order valence-electron chi connectivity index (χ3n) is 15.8. The number of nitrogens with two attached hydrogens (primary N) is 1. The van der Waals surface area contributed by atoms with Crippen LogP contribution in [-0.2, 0) is 34.2 Å². The predicted molar refractivity (Wildman–Crippen MR) is 259 cm³/mol. The highest BCUT2D eigenvalue weighted by Gasteiger charge is 2.52. The number of nitrogens with one attached hydrogen (secondary N) is 2. The Labute approximate surface area is 393 Å². The summed E-state index contributed by atoms with van der Waals surface area (Å²) in [5, 5.41) is 30.5. The van der Waals surface area contributed by atoms with Gasteiger partial charge in [-0.3, -0.25) is 4.79 Å². The van der Waals surface area contributed by atoms with Crippen molar-refractivity contribution in [1.82, 2.24) is 10.6 Å². The number of methoxy groups -OCH3 is 1. The molecule has 0 aromatic heterocycles. The second-order valence-corrected chi connectivity index (χ2v) is 20.0. The van der Waals surface area contributed by atoms with Gasteiger partial charge >= 0.3 is 5.97 Å². The largest absolute Gasteiger partial charge is 0.508 e. The van der Waals surface area contributed by atoms with Gasteiger partial charge < -0.3 is 45.5 Å². The second kappa shape index (κ2) is 17.8. The van der Waals surface area contributed by atoms with Crippen molar-refractivity contribution in [2.75, 3.05) is 20.3 Å². The molecule has 3 aliphatic carbocycles. The molecule has 4 aliphatic heterocycles. The molecule has 0 amide bonds. The number of dihydropyridines is 1. The predicted octanol–water partition coefficient (Wildman–Crippen LogP) is 9.35. The first-order valence-electron chi connectivity index (χ1n) is 24.5. The molecule has 1 spiro atoms. The molecule has 1 unspecified atom stereocenters. The first-order valence-corrected chi connectivity index (χ1v) is 24.5. The standard InChI is InChI=1S/C57H61N3O7/c1-33(61)65-32-46-43-20-21-44-51-37(26-40(62)28-49(51)64-2)30-57-25-24-36(29-57)41(18-16-34-10-5-3-6-11-34)42-22-23-50(58)60-47(42)15-9-12-35-27-48(63)54-45(52(35)55(46)67-56(43)53(44)57)19-17-39(31-66-54)59-38-13-7-4-8-14-38/h3,5-6,10-11,17,19-23,26-28,36,38-39,41,46,50,55,59-60,62-63H,4,7-8,12-14,16,18,24-25,29-32,58H2,1-2H3/t36-,39+,41-,46+,50?,55+,57+/m1/s1. The zero-order valence-corrected chi connectivity index (χ0v) is 38.5. The van der Waals surface area contributed by atoms with Gasteiger partial charge in [0.1, 0.15) is 36.6 Å². The lowest BCUT2D eigenvalue weighted by Crippen LogP contribution is -2.41. The highest BCUT2D eigenvalue weighted by Crippen LogP contribution is 2.64. The highest BCUT2D eigenvalue weighted by atomic mass is 16.5. The Morgan fingerprint density at radius 2 is 1.84 bits per heavy atom. The van der Waals surface area contributed by atoms with Crippen molar-refractivity contribution >= 4 is 12.0 Å². The van der Waals surface area contributed by atoms with Crippen LogP contribution in [0.3, 0.4) is 0 Å². The zero-order chi connectivity index (χ0) is 45.8. The number of carbonyl (C=O) groups excluding carboxylic acids is 1. The summed E-state index contributed by atoms with van der Waals surface area (Å²) in [6, 6.07) is 20.8. The second-order valence-electron chi connectivity index (χ2n) is 20.0. The number of fused-ring (bicyclic) bond motifs is 8.